The number of hydrogen-bond acceptors (Lipinski definition) is 5. The zero-order chi connectivity index (χ0) is 15.4. The summed E-state index contributed by atoms with van der Waals surface area (Å²) in [4.78, 5) is 4.41. The van der Waals surface area contributed by atoms with E-state index in [1.807, 2.05) is 47.3 Å². The molecule has 0 saturated heterocycles. The van der Waals surface area contributed by atoms with E-state index in [0.29, 0.717) is 18.3 Å². The van der Waals surface area contributed by atoms with E-state index in [-0.39, 0.29) is 12.1 Å². The first-order chi connectivity index (χ1) is 10.7. The second-order valence-corrected chi connectivity index (χ2v) is 5.28. The molecule has 0 saturated carbocycles. The molecule has 0 bridgehead atoms. The minimum Gasteiger partial charge on any atom is -0.334 e. The van der Waals surface area contributed by atoms with Crippen LogP contribution in [0.2, 0.25) is 0 Å². The molecule has 3 rings (SSSR count). The summed E-state index contributed by atoms with van der Waals surface area (Å²) in [6.07, 6.45) is 3.75. The molecule has 0 radical (unpaired) electrons. The summed E-state index contributed by atoms with van der Waals surface area (Å²) in [5.74, 6) is 1.20. The topological polar surface area (TPSA) is 68.8 Å². The average Bonchev–Trinajstić information content (AvgIpc) is 3.24. The molecule has 114 valence electrons. The van der Waals surface area contributed by atoms with E-state index >= 15 is 0 Å². The quantitative estimate of drug-likeness (QED) is 0.757. The molecule has 2 aromatic heterocycles. The first kappa shape index (κ1) is 14.5. The van der Waals surface area contributed by atoms with E-state index in [0.717, 1.165) is 5.56 Å². The number of benzene rings is 1. The molecule has 0 unspecified atom stereocenters. The highest BCUT2D eigenvalue weighted by molar-refractivity contribution is 5.51. The van der Waals surface area contributed by atoms with Gasteiger partial charge in [-0.25, -0.2) is 0 Å². The smallest absolute Gasteiger partial charge is 0.257 e. The normalized spacial score (nSPS) is 13.9. The Labute approximate surface area is 129 Å². The van der Waals surface area contributed by atoms with Gasteiger partial charge < -0.3 is 9.84 Å². The Morgan fingerprint density at radius 1 is 1.18 bits per heavy atom. The van der Waals surface area contributed by atoms with Gasteiger partial charge in [-0.3, -0.25) is 4.68 Å². The average molecular weight is 297 g/mol. The monoisotopic (exact) mass is 297 g/mol. The lowest BCUT2D eigenvalue weighted by Crippen LogP contribution is -2.33. The molecule has 2 heterocycles. The van der Waals surface area contributed by atoms with E-state index < -0.39 is 0 Å². The predicted octanol–water partition coefficient (Wildman–Crippen LogP) is 2.67. The predicted molar refractivity (Wildman–Crippen MR) is 83.0 cm³/mol. The number of aromatic nitrogens is 4. The lowest BCUT2D eigenvalue weighted by molar-refractivity contribution is 0.357. The van der Waals surface area contributed by atoms with Crippen LogP contribution in [-0.2, 0) is 6.54 Å². The van der Waals surface area contributed by atoms with E-state index in [1.54, 1.807) is 6.20 Å². The van der Waals surface area contributed by atoms with Gasteiger partial charge in [0.2, 0.25) is 0 Å². The molecular weight excluding hydrogens is 278 g/mol. The second-order valence-electron chi connectivity index (χ2n) is 5.28. The maximum Gasteiger partial charge on any atom is 0.257 e. The highest BCUT2D eigenvalue weighted by atomic mass is 16.5. The molecule has 6 heteroatoms. The molecule has 3 aromatic rings. The van der Waals surface area contributed by atoms with Crippen LogP contribution in [0.3, 0.4) is 0 Å². The number of nitrogens with one attached hydrogen (secondary N) is 1. The van der Waals surface area contributed by atoms with Gasteiger partial charge in [-0.15, -0.1) is 0 Å². The molecule has 2 atom stereocenters. The van der Waals surface area contributed by atoms with Crippen molar-refractivity contribution in [2.75, 3.05) is 0 Å². The van der Waals surface area contributed by atoms with Crippen molar-refractivity contribution >= 4 is 0 Å². The van der Waals surface area contributed by atoms with Gasteiger partial charge >= 0.3 is 0 Å². The molecule has 0 spiro atoms. The Morgan fingerprint density at radius 3 is 2.73 bits per heavy atom. The van der Waals surface area contributed by atoms with Gasteiger partial charge in [0.1, 0.15) is 0 Å². The van der Waals surface area contributed by atoms with Crippen molar-refractivity contribution in [1.82, 2.24) is 25.2 Å². The third-order valence-electron chi connectivity index (χ3n) is 3.74. The fraction of sp³-hybridized carbons (Fsp3) is 0.312. The van der Waals surface area contributed by atoms with Crippen molar-refractivity contribution < 1.29 is 4.52 Å². The fourth-order valence-electron chi connectivity index (χ4n) is 2.20. The summed E-state index contributed by atoms with van der Waals surface area (Å²) < 4.78 is 7.23. The van der Waals surface area contributed by atoms with Crippen LogP contribution in [0.1, 0.15) is 25.7 Å². The maximum absolute atomic E-state index is 5.30. The Hall–Kier alpha value is -2.47. The van der Waals surface area contributed by atoms with Crippen LogP contribution in [-0.4, -0.2) is 26.0 Å². The van der Waals surface area contributed by atoms with Crippen molar-refractivity contribution in [3.8, 4) is 11.5 Å². The summed E-state index contributed by atoms with van der Waals surface area (Å²) in [5.41, 5.74) is 0.930. The minimum absolute atomic E-state index is 0.235. The van der Waals surface area contributed by atoms with E-state index in [4.69, 9.17) is 4.52 Å². The van der Waals surface area contributed by atoms with Crippen LogP contribution in [0.5, 0.6) is 0 Å². The first-order valence-electron chi connectivity index (χ1n) is 7.34. The van der Waals surface area contributed by atoms with Crippen LogP contribution in [0.15, 0.2) is 53.3 Å². The van der Waals surface area contributed by atoms with Crippen LogP contribution < -0.4 is 5.32 Å². The van der Waals surface area contributed by atoms with Crippen molar-refractivity contribution in [2.45, 2.75) is 32.5 Å². The molecular formula is C16H19N5O. The third-order valence-corrected chi connectivity index (χ3v) is 3.74. The lowest BCUT2D eigenvalue weighted by Gasteiger charge is -2.20. The number of hydrogen-bond donors (Lipinski definition) is 1. The maximum atomic E-state index is 5.30. The summed E-state index contributed by atoms with van der Waals surface area (Å²) in [5, 5.41) is 11.7. The van der Waals surface area contributed by atoms with Gasteiger partial charge in [0.05, 0.1) is 12.6 Å². The van der Waals surface area contributed by atoms with Gasteiger partial charge in [-0.2, -0.15) is 10.1 Å². The molecule has 0 aliphatic heterocycles. The SMILES string of the molecule is C[C@@H](NCc1noc(-c2ccccc2)n1)[C@H](C)n1cccn1. The lowest BCUT2D eigenvalue weighted by atomic mass is 10.2. The van der Waals surface area contributed by atoms with Crippen molar-refractivity contribution in [1.29, 1.82) is 0 Å². The van der Waals surface area contributed by atoms with Crippen LogP contribution >= 0.6 is 0 Å². The summed E-state index contributed by atoms with van der Waals surface area (Å²) in [7, 11) is 0. The zero-order valence-corrected chi connectivity index (χ0v) is 12.7. The van der Waals surface area contributed by atoms with E-state index in [2.05, 4.69) is 34.4 Å². The molecule has 0 aliphatic carbocycles. The highest BCUT2D eigenvalue weighted by Crippen LogP contribution is 2.16. The largest absolute Gasteiger partial charge is 0.334 e. The minimum atomic E-state index is 0.235. The first-order valence-corrected chi connectivity index (χ1v) is 7.34. The molecule has 0 amide bonds. The Morgan fingerprint density at radius 2 is 2.00 bits per heavy atom. The molecule has 0 aliphatic rings. The van der Waals surface area contributed by atoms with Crippen molar-refractivity contribution in [3.63, 3.8) is 0 Å². The van der Waals surface area contributed by atoms with Crippen LogP contribution in [0.4, 0.5) is 0 Å². The van der Waals surface area contributed by atoms with Gasteiger partial charge in [0.15, 0.2) is 5.82 Å². The van der Waals surface area contributed by atoms with Gasteiger partial charge in [-0.1, -0.05) is 23.4 Å². The zero-order valence-electron chi connectivity index (χ0n) is 12.7. The molecule has 0 fully saturated rings. The van der Waals surface area contributed by atoms with E-state index in [9.17, 15) is 0 Å². The van der Waals surface area contributed by atoms with Gasteiger partial charge in [-0.05, 0) is 32.0 Å². The summed E-state index contributed by atoms with van der Waals surface area (Å²) >= 11 is 0. The highest BCUT2D eigenvalue weighted by Gasteiger charge is 2.15. The second kappa shape index (κ2) is 6.53. The Bertz CT molecular complexity index is 692. The van der Waals surface area contributed by atoms with Crippen LogP contribution in [0.25, 0.3) is 11.5 Å². The Balaban J connectivity index is 1.59. The van der Waals surface area contributed by atoms with Crippen molar-refractivity contribution in [2.24, 2.45) is 0 Å². The summed E-state index contributed by atoms with van der Waals surface area (Å²) in [6, 6.07) is 12.2. The fourth-order valence-corrected chi connectivity index (χ4v) is 2.20. The van der Waals surface area contributed by atoms with Crippen molar-refractivity contribution in [3.05, 3.63) is 54.6 Å². The number of rotatable bonds is 6. The molecule has 1 N–H and O–H groups in total. The molecule has 22 heavy (non-hydrogen) atoms. The van der Waals surface area contributed by atoms with E-state index in [1.165, 1.54) is 0 Å². The summed E-state index contributed by atoms with van der Waals surface area (Å²) in [6.45, 7) is 4.80. The molecule has 1 aromatic carbocycles. The van der Waals surface area contributed by atoms with Gasteiger partial charge in [0.25, 0.3) is 5.89 Å². The molecule has 6 nitrogen and oxygen atoms in total. The third kappa shape index (κ3) is 3.23. The number of nitrogens with zero attached hydrogens (tertiary/aromatic N) is 4. The standard InChI is InChI=1S/C16H19N5O/c1-12(13(2)21-10-6-9-18-21)17-11-15-19-16(22-20-15)14-7-4-3-5-8-14/h3-10,12-13,17H,11H2,1-2H3/t12-,13+/m1/s1. The van der Waals surface area contributed by atoms with Gasteiger partial charge in [0, 0.05) is 24.0 Å². The Kier molecular flexibility index (Phi) is 4.29. The van der Waals surface area contributed by atoms with Crippen LogP contribution in [0, 0.1) is 0 Å².